The third-order valence-electron chi connectivity index (χ3n) is 5.05. The van der Waals surface area contributed by atoms with Crippen LogP contribution in [0.25, 0.3) is 0 Å². The zero-order chi connectivity index (χ0) is 21.8. The molecule has 3 N–H and O–H groups in total. The minimum atomic E-state index is -0.516. The molecule has 0 radical (unpaired) electrons. The fraction of sp³-hybridized carbons (Fsp3) is 0.905. The number of carbonyl (C=O) groups is 1. The maximum Gasteiger partial charge on any atom is 0.408 e. The largest absolute Gasteiger partial charge is 0.444 e. The van der Waals surface area contributed by atoms with E-state index in [2.05, 4.69) is 41.6 Å². The zero-order valence-corrected chi connectivity index (χ0v) is 19.4. The van der Waals surface area contributed by atoms with Gasteiger partial charge in [-0.2, -0.15) is 0 Å². The van der Waals surface area contributed by atoms with Crippen molar-refractivity contribution < 1.29 is 14.3 Å². The van der Waals surface area contributed by atoms with Gasteiger partial charge in [-0.3, -0.25) is 9.89 Å². The molecule has 0 saturated carbocycles. The maximum absolute atomic E-state index is 12.3. The fourth-order valence-corrected chi connectivity index (χ4v) is 3.12. The summed E-state index contributed by atoms with van der Waals surface area (Å²) in [5.41, 5.74) is -0.935. The molecule has 1 amide bonds. The maximum atomic E-state index is 12.3. The highest BCUT2D eigenvalue weighted by molar-refractivity contribution is 5.79. The molecule has 0 atom stereocenters. The number of amides is 1. The Labute approximate surface area is 177 Å². The molecule has 170 valence electrons. The lowest BCUT2D eigenvalue weighted by molar-refractivity contribution is 0.0376. The first-order chi connectivity index (χ1) is 13.7. The molecule has 1 rings (SSSR count). The van der Waals surface area contributed by atoms with Crippen LogP contribution in [-0.2, 0) is 9.47 Å². The van der Waals surface area contributed by atoms with Crippen LogP contribution in [0.2, 0.25) is 0 Å². The third kappa shape index (κ3) is 10.7. The van der Waals surface area contributed by atoms with Gasteiger partial charge >= 0.3 is 6.09 Å². The van der Waals surface area contributed by atoms with Crippen LogP contribution in [0.3, 0.4) is 0 Å². The second-order valence-electron chi connectivity index (χ2n) is 8.54. The standard InChI is InChI=1S/C21H43N5O3/c1-7-21(8-2,25-19(27)29-20(4,5)6)17-24-18(22-9-3)23-11-10-12-26-13-15-28-16-14-26/h7-17H2,1-6H3,(H,25,27)(H2,22,23,24). The Hall–Kier alpha value is -1.54. The molecule has 0 aliphatic carbocycles. The molecule has 0 bridgehead atoms. The first-order valence-corrected chi connectivity index (χ1v) is 11.1. The van der Waals surface area contributed by atoms with E-state index in [-0.39, 0.29) is 6.09 Å². The summed E-state index contributed by atoms with van der Waals surface area (Å²) in [6, 6.07) is 0. The molecule has 0 aromatic carbocycles. The van der Waals surface area contributed by atoms with Crippen LogP contribution in [0, 0.1) is 0 Å². The predicted molar refractivity (Wildman–Crippen MR) is 119 cm³/mol. The van der Waals surface area contributed by atoms with Gasteiger partial charge in [0.2, 0.25) is 0 Å². The van der Waals surface area contributed by atoms with E-state index in [1.807, 2.05) is 20.8 Å². The molecule has 8 nitrogen and oxygen atoms in total. The van der Waals surface area contributed by atoms with E-state index in [0.29, 0.717) is 6.54 Å². The molecule has 1 fully saturated rings. The lowest BCUT2D eigenvalue weighted by Gasteiger charge is -2.32. The number of alkyl carbamates (subject to hydrolysis) is 1. The molecule has 0 spiro atoms. The van der Waals surface area contributed by atoms with Crippen molar-refractivity contribution in [3.8, 4) is 0 Å². The molecule has 0 aromatic rings. The Bertz CT molecular complexity index is 495. The molecule has 0 aromatic heterocycles. The van der Waals surface area contributed by atoms with E-state index in [9.17, 15) is 4.79 Å². The van der Waals surface area contributed by atoms with E-state index in [0.717, 1.165) is 71.2 Å². The summed E-state index contributed by atoms with van der Waals surface area (Å²) >= 11 is 0. The first-order valence-electron chi connectivity index (χ1n) is 11.1. The Morgan fingerprint density at radius 2 is 1.76 bits per heavy atom. The monoisotopic (exact) mass is 413 g/mol. The Morgan fingerprint density at radius 3 is 2.31 bits per heavy atom. The van der Waals surface area contributed by atoms with Gasteiger partial charge in [-0.05, 0) is 53.5 Å². The van der Waals surface area contributed by atoms with E-state index >= 15 is 0 Å². The van der Waals surface area contributed by atoms with Crippen LogP contribution in [-0.4, -0.2) is 80.6 Å². The van der Waals surface area contributed by atoms with Crippen LogP contribution < -0.4 is 16.0 Å². The Morgan fingerprint density at radius 1 is 1.10 bits per heavy atom. The van der Waals surface area contributed by atoms with Crippen molar-refractivity contribution in [2.75, 3.05) is 52.5 Å². The van der Waals surface area contributed by atoms with Crippen molar-refractivity contribution >= 4 is 12.1 Å². The fourth-order valence-electron chi connectivity index (χ4n) is 3.12. The summed E-state index contributed by atoms with van der Waals surface area (Å²) in [4.78, 5) is 19.5. The van der Waals surface area contributed by atoms with Gasteiger partial charge in [-0.15, -0.1) is 0 Å². The molecule has 1 saturated heterocycles. The zero-order valence-electron chi connectivity index (χ0n) is 19.4. The van der Waals surface area contributed by atoms with Crippen LogP contribution in [0.4, 0.5) is 4.79 Å². The Balaban J connectivity index is 2.57. The number of ether oxygens (including phenoxy) is 2. The molecule has 1 heterocycles. The molecular weight excluding hydrogens is 370 g/mol. The lowest BCUT2D eigenvalue weighted by Crippen LogP contribution is -2.52. The number of morpholine rings is 1. The highest BCUT2D eigenvalue weighted by Crippen LogP contribution is 2.17. The molecule has 1 aliphatic rings. The quantitative estimate of drug-likeness (QED) is 0.289. The highest BCUT2D eigenvalue weighted by atomic mass is 16.6. The summed E-state index contributed by atoms with van der Waals surface area (Å²) < 4.78 is 10.8. The number of guanidine groups is 1. The van der Waals surface area contributed by atoms with Gasteiger partial charge in [-0.25, -0.2) is 4.79 Å². The lowest BCUT2D eigenvalue weighted by atomic mass is 9.93. The minimum absolute atomic E-state index is 0.389. The average Bonchev–Trinajstić information content (AvgIpc) is 2.67. The van der Waals surface area contributed by atoms with Crippen LogP contribution >= 0.6 is 0 Å². The van der Waals surface area contributed by atoms with Crippen LogP contribution in [0.5, 0.6) is 0 Å². The van der Waals surface area contributed by atoms with E-state index in [1.165, 1.54) is 0 Å². The molecular formula is C21H43N5O3. The van der Waals surface area contributed by atoms with E-state index in [1.54, 1.807) is 0 Å². The van der Waals surface area contributed by atoms with Gasteiger partial charge in [0.25, 0.3) is 0 Å². The van der Waals surface area contributed by atoms with Gasteiger partial charge in [-0.1, -0.05) is 13.8 Å². The molecule has 8 heteroatoms. The number of rotatable bonds is 10. The molecule has 29 heavy (non-hydrogen) atoms. The summed E-state index contributed by atoms with van der Waals surface area (Å²) in [5.74, 6) is 0.784. The van der Waals surface area contributed by atoms with Crippen LogP contribution in [0.1, 0.15) is 60.8 Å². The van der Waals surface area contributed by atoms with Gasteiger partial charge < -0.3 is 25.4 Å². The molecule has 1 aliphatic heterocycles. The van der Waals surface area contributed by atoms with Crippen molar-refractivity contribution in [3.05, 3.63) is 0 Å². The predicted octanol–water partition coefficient (Wildman–Crippen LogP) is 2.35. The Kier molecular flexibility index (Phi) is 11.3. The van der Waals surface area contributed by atoms with Gasteiger partial charge in [0, 0.05) is 26.2 Å². The number of hydrogen-bond acceptors (Lipinski definition) is 5. The van der Waals surface area contributed by atoms with E-state index in [4.69, 9.17) is 14.5 Å². The number of carbonyl (C=O) groups excluding carboxylic acids is 1. The SMILES string of the molecule is CCNC(=NCC(CC)(CC)NC(=O)OC(C)(C)C)NCCCN1CCOCC1. The number of nitrogens with one attached hydrogen (secondary N) is 3. The van der Waals surface area contributed by atoms with Crippen molar-refractivity contribution in [1.82, 2.24) is 20.9 Å². The van der Waals surface area contributed by atoms with Crippen LogP contribution in [0.15, 0.2) is 4.99 Å². The molecule has 0 unspecified atom stereocenters. The van der Waals surface area contributed by atoms with Crippen molar-refractivity contribution in [1.29, 1.82) is 0 Å². The van der Waals surface area contributed by atoms with Crippen molar-refractivity contribution in [2.24, 2.45) is 4.99 Å². The second kappa shape index (κ2) is 12.9. The number of nitrogens with zero attached hydrogens (tertiary/aromatic N) is 2. The van der Waals surface area contributed by atoms with Crippen molar-refractivity contribution in [2.45, 2.75) is 71.9 Å². The second-order valence-corrected chi connectivity index (χ2v) is 8.54. The highest BCUT2D eigenvalue weighted by Gasteiger charge is 2.30. The summed E-state index contributed by atoms with van der Waals surface area (Å²) in [6.45, 7) is 18.7. The summed E-state index contributed by atoms with van der Waals surface area (Å²) in [6.07, 6.45) is 2.22. The number of hydrogen-bond donors (Lipinski definition) is 3. The topological polar surface area (TPSA) is 87.2 Å². The summed E-state index contributed by atoms with van der Waals surface area (Å²) in [5, 5.41) is 9.76. The van der Waals surface area contributed by atoms with Gasteiger partial charge in [0.1, 0.15) is 5.60 Å². The summed E-state index contributed by atoms with van der Waals surface area (Å²) in [7, 11) is 0. The van der Waals surface area contributed by atoms with Gasteiger partial charge in [0.05, 0.1) is 25.3 Å². The van der Waals surface area contributed by atoms with Gasteiger partial charge in [0.15, 0.2) is 5.96 Å². The third-order valence-corrected chi connectivity index (χ3v) is 5.05. The average molecular weight is 414 g/mol. The van der Waals surface area contributed by atoms with E-state index < -0.39 is 11.1 Å². The first kappa shape index (κ1) is 25.5. The smallest absolute Gasteiger partial charge is 0.408 e. The van der Waals surface area contributed by atoms with Crippen molar-refractivity contribution in [3.63, 3.8) is 0 Å². The minimum Gasteiger partial charge on any atom is -0.444 e. The number of aliphatic imine (C=N–C) groups is 1. The normalized spacial score (nSPS) is 16.4.